The predicted octanol–water partition coefficient (Wildman–Crippen LogP) is 8.37. The van der Waals surface area contributed by atoms with E-state index in [9.17, 15) is 9.59 Å². The van der Waals surface area contributed by atoms with Crippen LogP contribution in [0.3, 0.4) is 0 Å². The summed E-state index contributed by atoms with van der Waals surface area (Å²) in [4.78, 5) is 24.8. The monoisotopic (exact) mass is 512 g/mol. The van der Waals surface area contributed by atoms with E-state index in [-0.39, 0.29) is 11.8 Å². The fourth-order valence-electron chi connectivity index (χ4n) is 4.58. The topological polar surface area (TPSA) is 58.2 Å². The zero-order valence-electron chi connectivity index (χ0n) is 23.0. The Balaban J connectivity index is 1.29. The number of hydrogen-bond donors (Lipinski definition) is 2. The maximum atomic E-state index is 12.5. The Bertz CT molecular complexity index is 1080. The molecular formula is C34H44N2O2. The van der Waals surface area contributed by atoms with Crippen molar-refractivity contribution in [3.63, 3.8) is 0 Å². The minimum absolute atomic E-state index is 0.0145. The largest absolute Gasteiger partial charge is 0.352 e. The molecule has 3 aromatic rings. The number of rotatable bonds is 17. The van der Waals surface area contributed by atoms with Gasteiger partial charge in [-0.15, -0.1) is 0 Å². The highest BCUT2D eigenvalue weighted by Crippen LogP contribution is 2.15. The smallest absolute Gasteiger partial charge is 0.255 e. The molecule has 0 spiro atoms. The van der Waals surface area contributed by atoms with Crippen molar-refractivity contribution in [2.24, 2.45) is 0 Å². The van der Waals surface area contributed by atoms with Crippen LogP contribution in [0.5, 0.6) is 0 Å². The van der Waals surface area contributed by atoms with Crippen molar-refractivity contribution in [3.05, 3.63) is 101 Å². The van der Waals surface area contributed by atoms with E-state index in [4.69, 9.17) is 0 Å². The molecule has 0 bridgehead atoms. The standard InChI is InChI=1S/C34H44N2O2/c1-2-3-4-5-6-7-8-9-10-14-27-35-33(37)31-23-19-28(20-24-31)17-18-29-21-25-32(26-22-29)36-34(38)30-15-12-11-13-16-30/h11-13,15-16,19-26H,2-10,14,17-18,27H2,1H3,(H,35,37)(H,36,38). The summed E-state index contributed by atoms with van der Waals surface area (Å²) >= 11 is 0. The van der Waals surface area contributed by atoms with Crippen molar-refractivity contribution in [1.29, 1.82) is 0 Å². The molecule has 0 aliphatic carbocycles. The van der Waals surface area contributed by atoms with Gasteiger partial charge < -0.3 is 10.6 Å². The van der Waals surface area contributed by atoms with E-state index in [1.54, 1.807) is 12.1 Å². The summed E-state index contributed by atoms with van der Waals surface area (Å²) in [6, 6.07) is 25.1. The number of nitrogens with one attached hydrogen (secondary N) is 2. The maximum absolute atomic E-state index is 12.5. The Labute approximate surface area is 229 Å². The van der Waals surface area contributed by atoms with Gasteiger partial charge in [0.05, 0.1) is 0 Å². The molecule has 4 heteroatoms. The highest BCUT2D eigenvalue weighted by atomic mass is 16.2. The van der Waals surface area contributed by atoms with Crippen molar-refractivity contribution in [2.75, 3.05) is 11.9 Å². The SMILES string of the molecule is CCCCCCCCCCCCNC(=O)c1ccc(CCc2ccc(NC(=O)c3ccccc3)cc2)cc1. The summed E-state index contributed by atoms with van der Waals surface area (Å²) in [5, 5.41) is 6.00. The van der Waals surface area contributed by atoms with Gasteiger partial charge in [-0.3, -0.25) is 9.59 Å². The first kappa shape index (κ1) is 29.2. The van der Waals surface area contributed by atoms with E-state index >= 15 is 0 Å². The number of unbranched alkanes of at least 4 members (excludes halogenated alkanes) is 9. The molecule has 0 unspecified atom stereocenters. The van der Waals surface area contributed by atoms with Crippen LogP contribution in [0, 0.1) is 0 Å². The average Bonchev–Trinajstić information content (AvgIpc) is 2.96. The van der Waals surface area contributed by atoms with E-state index in [1.165, 1.54) is 68.9 Å². The molecule has 202 valence electrons. The fraction of sp³-hybridized carbons (Fsp3) is 0.412. The summed E-state index contributed by atoms with van der Waals surface area (Å²) in [7, 11) is 0. The van der Waals surface area contributed by atoms with Gasteiger partial charge in [0.2, 0.25) is 0 Å². The molecular weight excluding hydrogens is 468 g/mol. The van der Waals surface area contributed by atoms with Crippen LogP contribution < -0.4 is 10.6 Å². The van der Waals surface area contributed by atoms with Crippen LogP contribution in [-0.4, -0.2) is 18.4 Å². The molecule has 3 aromatic carbocycles. The second-order valence-electron chi connectivity index (χ2n) is 10.2. The minimum Gasteiger partial charge on any atom is -0.352 e. The normalized spacial score (nSPS) is 10.8. The number of carbonyl (C=O) groups is 2. The number of carbonyl (C=O) groups excluding carboxylic acids is 2. The minimum atomic E-state index is -0.106. The van der Waals surface area contributed by atoms with Gasteiger partial charge in [0.1, 0.15) is 0 Å². The van der Waals surface area contributed by atoms with E-state index < -0.39 is 0 Å². The van der Waals surface area contributed by atoms with E-state index in [1.807, 2.05) is 54.6 Å². The summed E-state index contributed by atoms with van der Waals surface area (Å²) in [5.74, 6) is -0.0911. The zero-order valence-corrected chi connectivity index (χ0v) is 23.0. The van der Waals surface area contributed by atoms with E-state index in [0.29, 0.717) is 5.56 Å². The van der Waals surface area contributed by atoms with Crippen molar-refractivity contribution < 1.29 is 9.59 Å². The summed E-state index contributed by atoms with van der Waals surface area (Å²) in [6.07, 6.45) is 14.8. The molecule has 3 rings (SSSR count). The lowest BCUT2D eigenvalue weighted by atomic mass is 10.0. The van der Waals surface area contributed by atoms with Gasteiger partial charge in [0, 0.05) is 23.4 Å². The second kappa shape index (κ2) is 17.2. The van der Waals surface area contributed by atoms with Crippen molar-refractivity contribution >= 4 is 17.5 Å². The van der Waals surface area contributed by atoms with E-state index in [0.717, 1.165) is 37.1 Å². The van der Waals surface area contributed by atoms with Crippen LogP contribution in [-0.2, 0) is 12.8 Å². The lowest BCUT2D eigenvalue weighted by Gasteiger charge is -2.08. The van der Waals surface area contributed by atoms with Gasteiger partial charge in [-0.1, -0.05) is 107 Å². The van der Waals surface area contributed by atoms with Crippen LogP contribution in [0.1, 0.15) is 103 Å². The highest BCUT2D eigenvalue weighted by molar-refractivity contribution is 6.04. The molecule has 2 amide bonds. The predicted molar refractivity (Wildman–Crippen MR) is 159 cm³/mol. The number of anilines is 1. The third-order valence-electron chi connectivity index (χ3n) is 6.98. The number of amides is 2. The van der Waals surface area contributed by atoms with Crippen LogP contribution in [0.15, 0.2) is 78.9 Å². The molecule has 4 nitrogen and oxygen atoms in total. The molecule has 2 N–H and O–H groups in total. The molecule has 0 atom stereocenters. The average molecular weight is 513 g/mol. The Hall–Kier alpha value is -3.40. The van der Waals surface area contributed by atoms with Crippen LogP contribution >= 0.6 is 0 Å². The first-order chi connectivity index (χ1) is 18.7. The first-order valence-corrected chi connectivity index (χ1v) is 14.5. The van der Waals surface area contributed by atoms with Gasteiger partial charge in [0.15, 0.2) is 0 Å². The van der Waals surface area contributed by atoms with E-state index in [2.05, 4.69) is 29.7 Å². The van der Waals surface area contributed by atoms with Gasteiger partial charge in [-0.2, -0.15) is 0 Å². The van der Waals surface area contributed by atoms with Gasteiger partial charge in [0.25, 0.3) is 11.8 Å². The van der Waals surface area contributed by atoms with Gasteiger partial charge in [-0.05, 0) is 66.8 Å². The molecule has 0 fully saturated rings. The highest BCUT2D eigenvalue weighted by Gasteiger charge is 2.07. The van der Waals surface area contributed by atoms with Crippen molar-refractivity contribution in [3.8, 4) is 0 Å². The fourth-order valence-corrected chi connectivity index (χ4v) is 4.58. The molecule has 0 saturated carbocycles. The Morgan fingerprint density at radius 3 is 1.63 bits per heavy atom. The molecule has 0 aliphatic rings. The van der Waals surface area contributed by atoms with Gasteiger partial charge >= 0.3 is 0 Å². The summed E-state index contributed by atoms with van der Waals surface area (Å²) < 4.78 is 0. The molecule has 0 saturated heterocycles. The summed E-state index contributed by atoms with van der Waals surface area (Å²) in [5.41, 5.74) is 4.57. The molecule has 0 aliphatic heterocycles. The van der Waals surface area contributed by atoms with Crippen molar-refractivity contribution in [2.45, 2.75) is 84.0 Å². The second-order valence-corrected chi connectivity index (χ2v) is 10.2. The number of aryl methyl sites for hydroxylation is 2. The quantitative estimate of drug-likeness (QED) is 0.178. The zero-order chi connectivity index (χ0) is 26.8. The summed E-state index contributed by atoms with van der Waals surface area (Å²) in [6.45, 7) is 3.01. The maximum Gasteiger partial charge on any atom is 0.255 e. The molecule has 0 aromatic heterocycles. The van der Waals surface area contributed by atoms with Crippen LogP contribution in [0.25, 0.3) is 0 Å². The lowest BCUT2D eigenvalue weighted by Crippen LogP contribution is -2.24. The molecule has 0 heterocycles. The Morgan fingerprint density at radius 1 is 0.553 bits per heavy atom. The lowest BCUT2D eigenvalue weighted by molar-refractivity contribution is 0.0952. The molecule has 0 radical (unpaired) electrons. The molecule has 38 heavy (non-hydrogen) atoms. The van der Waals surface area contributed by atoms with Crippen LogP contribution in [0.4, 0.5) is 5.69 Å². The number of benzene rings is 3. The first-order valence-electron chi connectivity index (χ1n) is 14.5. The third-order valence-corrected chi connectivity index (χ3v) is 6.98. The van der Waals surface area contributed by atoms with Crippen molar-refractivity contribution in [1.82, 2.24) is 5.32 Å². The van der Waals surface area contributed by atoms with Crippen LogP contribution in [0.2, 0.25) is 0 Å². The third kappa shape index (κ3) is 10.9. The number of hydrogen-bond acceptors (Lipinski definition) is 2. The van der Waals surface area contributed by atoms with Gasteiger partial charge in [-0.25, -0.2) is 0 Å². The Kier molecular flexibility index (Phi) is 13.2. The Morgan fingerprint density at radius 2 is 1.05 bits per heavy atom.